The standard InChI is InChI=1S/C40H40ClN3O12SSi/c1-26(56-39(48)54-24-28-17-21-30(22-18-28)44(51)52)34-36(46)42(35(41)38(47)53-23-27-15-19-29(20-16-27)43(49)50)37(34)57-33(45)25-55-58(40(2,3)4,31-11-7-5-8-12-31)32-13-9-6-10-14-32/h5-22,26,34-35,37H,23-25H2,1-4H3/t26-,34+,35?,37-/m1/s1. The van der Waals surface area contributed by atoms with Gasteiger partial charge in [-0.25, -0.2) is 9.59 Å². The molecule has 0 N–H and O–H groups in total. The first kappa shape index (κ1) is 43.5. The average Bonchev–Trinajstić information content (AvgIpc) is 3.19. The highest BCUT2D eigenvalue weighted by Crippen LogP contribution is 2.42. The number of likely N-dealkylation sites (tertiary alicyclic amines) is 1. The van der Waals surface area contributed by atoms with Gasteiger partial charge in [-0.2, -0.15) is 0 Å². The van der Waals surface area contributed by atoms with E-state index in [1.54, 1.807) is 0 Å². The summed E-state index contributed by atoms with van der Waals surface area (Å²) in [6.45, 7) is 6.62. The lowest BCUT2D eigenvalue weighted by molar-refractivity contribution is -0.385. The number of nitrogens with zero attached hydrogens (tertiary/aromatic N) is 3. The minimum absolute atomic E-state index is 0.143. The highest BCUT2D eigenvalue weighted by atomic mass is 35.5. The molecule has 304 valence electrons. The molecule has 1 unspecified atom stereocenters. The highest BCUT2D eigenvalue weighted by Gasteiger charge is 2.57. The van der Waals surface area contributed by atoms with E-state index < -0.39 is 69.2 Å². The Morgan fingerprint density at radius 3 is 1.71 bits per heavy atom. The Morgan fingerprint density at radius 1 is 0.793 bits per heavy atom. The Morgan fingerprint density at radius 2 is 1.26 bits per heavy atom. The van der Waals surface area contributed by atoms with Gasteiger partial charge in [0.25, 0.3) is 19.7 Å². The smallest absolute Gasteiger partial charge is 0.458 e. The molecule has 0 spiro atoms. The number of nitro groups is 2. The maximum atomic E-state index is 14.0. The summed E-state index contributed by atoms with van der Waals surface area (Å²) in [6, 6.07) is 30.0. The fourth-order valence-electron chi connectivity index (χ4n) is 6.58. The summed E-state index contributed by atoms with van der Waals surface area (Å²) in [6.07, 6.45) is -2.32. The molecule has 58 heavy (non-hydrogen) atoms. The third kappa shape index (κ3) is 9.90. The number of hydrogen-bond acceptors (Lipinski definition) is 13. The molecule has 0 bridgehead atoms. The Hall–Kier alpha value is -5.62. The van der Waals surface area contributed by atoms with E-state index in [1.165, 1.54) is 55.5 Å². The predicted octanol–water partition coefficient (Wildman–Crippen LogP) is 6.47. The lowest BCUT2D eigenvalue weighted by atomic mass is 9.92. The third-order valence-electron chi connectivity index (χ3n) is 9.46. The molecule has 18 heteroatoms. The van der Waals surface area contributed by atoms with E-state index in [0.717, 1.165) is 15.3 Å². The quantitative estimate of drug-likeness (QED) is 0.0227. The topological polar surface area (TPSA) is 195 Å². The Bertz CT molecular complexity index is 2080. The van der Waals surface area contributed by atoms with Crippen molar-refractivity contribution in [3.05, 3.63) is 141 Å². The van der Waals surface area contributed by atoms with Gasteiger partial charge in [0, 0.05) is 24.3 Å². The molecule has 4 aromatic rings. The molecule has 0 aromatic heterocycles. The van der Waals surface area contributed by atoms with Crippen molar-refractivity contribution in [2.75, 3.05) is 6.61 Å². The number of benzene rings is 4. The first-order valence-corrected chi connectivity index (χ1v) is 21.1. The van der Waals surface area contributed by atoms with E-state index in [-0.39, 0.29) is 31.2 Å². The van der Waals surface area contributed by atoms with E-state index in [9.17, 15) is 39.4 Å². The third-order valence-corrected chi connectivity index (χ3v) is 16.0. The molecule has 1 aliphatic rings. The van der Waals surface area contributed by atoms with Crippen LogP contribution >= 0.6 is 23.4 Å². The number of carbonyl (C=O) groups excluding carboxylic acids is 4. The van der Waals surface area contributed by atoms with E-state index in [1.807, 2.05) is 60.7 Å². The van der Waals surface area contributed by atoms with Crippen LogP contribution in [0.3, 0.4) is 0 Å². The molecule has 1 amide bonds. The van der Waals surface area contributed by atoms with Crippen molar-refractivity contribution in [2.45, 2.75) is 62.9 Å². The second-order valence-corrected chi connectivity index (χ2v) is 20.1. The first-order chi connectivity index (χ1) is 27.5. The second-order valence-electron chi connectivity index (χ2n) is 14.3. The van der Waals surface area contributed by atoms with Crippen molar-refractivity contribution in [3.8, 4) is 0 Å². The van der Waals surface area contributed by atoms with Gasteiger partial charge in [-0.15, -0.1) is 0 Å². The molecule has 1 saturated heterocycles. The summed E-state index contributed by atoms with van der Waals surface area (Å²) in [5, 5.41) is 21.8. The van der Waals surface area contributed by atoms with Crippen molar-refractivity contribution in [3.63, 3.8) is 0 Å². The van der Waals surface area contributed by atoms with Crippen LogP contribution in [-0.4, -0.2) is 69.8 Å². The van der Waals surface area contributed by atoms with Crippen molar-refractivity contribution < 1.29 is 47.7 Å². The van der Waals surface area contributed by atoms with Gasteiger partial charge >= 0.3 is 12.1 Å². The zero-order chi connectivity index (χ0) is 42.2. The summed E-state index contributed by atoms with van der Waals surface area (Å²) >= 11 is 7.25. The number of β-lactam (4-membered cyclic amide) rings is 1. The van der Waals surface area contributed by atoms with Crippen LogP contribution in [0.25, 0.3) is 0 Å². The summed E-state index contributed by atoms with van der Waals surface area (Å²) < 4.78 is 22.8. The lowest BCUT2D eigenvalue weighted by Gasteiger charge is -2.49. The lowest BCUT2D eigenvalue weighted by Crippen LogP contribution is -2.67. The number of thioether (sulfide) groups is 1. The van der Waals surface area contributed by atoms with Crippen molar-refractivity contribution >= 4 is 76.6 Å². The molecular weight excluding hydrogens is 810 g/mol. The van der Waals surface area contributed by atoms with Crippen LogP contribution in [0.5, 0.6) is 0 Å². The van der Waals surface area contributed by atoms with Gasteiger partial charge in [0.1, 0.15) is 37.2 Å². The number of ether oxygens (including phenoxy) is 3. The monoisotopic (exact) mass is 849 g/mol. The first-order valence-electron chi connectivity index (χ1n) is 17.9. The SMILES string of the molecule is C[C@@H](OC(=O)OCc1ccc([N+](=O)[O-])cc1)[C@H]1C(=O)N(C(Cl)C(=O)OCc2ccc([N+](=O)[O-])cc2)[C@@H]1SC(=O)CO[Si](c1ccccc1)(c1ccccc1)C(C)(C)C. The van der Waals surface area contributed by atoms with Crippen LogP contribution in [0.15, 0.2) is 109 Å². The van der Waals surface area contributed by atoms with Crippen molar-refractivity contribution in [2.24, 2.45) is 5.92 Å². The number of alkyl halides is 1. The molecule has 5 rings (SSSR count). The molecule has 1 fully saturated rings. The molecule has 4 aromatic carbocycles. The maximum absolute atomic E-state index is 14.0. The largest absolute Gasteiger partial charge is 0.508 e. The summed E-state index contributed by atoms with van der Waals surface area (Å²) in [5.74, 6) is -2.89. The van der Waals surface area contributed by atoms with Crippen LogP contribution < -0.4 is 10.4 Å². The zero-order valence-corrected chi connectivity index (χ0v) is 34.4. The molecule has 1 heterocycles. The van der Waals surface area contributed by atoms with Crippen molar-refractivity contribution in [1.29, 1.82) is 0 Å². The average molecular weight is 850 g/mol. The number of carbonyl (C=O) groups is 4. The molecule has 0 saturated carbocycles. The molecule has 0 radical (unpaired) electrons. The van der Waals surface area contributed by atoms with E-state index in [0.29, 0.717) is 22.9 Å². The van der Waals surface area contributed by atoms with Gasteiger partial charge in [-0.05, 0) is 57.7 Å². The predicted molar refractivity (Wildman–Crippen MR) is 217 cm³/mol. The Labute approximate surface area is 344 Å². The van der Waals surface area contributed by atoms with E-state index in [2.05, 4.69) is 20.8 Å². The number of amides is 1. The highest BCUT2D eigenvalue weighted by molar-refractivity contribution is 8.14. The normalized spacial score (nSPS) is 16.4. The second kappa shape index (κ2) is 18.8. The summed E-state index contributed by atoms with van der Waals surface area (Å²) in [7, 11) is -3.16. The van der Waals surface area contributed by atoms with Gasteiger partial charge in [-0.3, -0.25) is 29.8 Å². The fraction of sp³-hybridized carbons (Fsp3) is 0.300. The van der Waals surface area contributed by atoms with Crippen LogP contribution in [0, 0.1) is 26.1 Å². The zero-order valence-electron chi connectivity index (χ0n) is 31.8. The number of nitro benzene ring substituents is 2. The number of esters is 1. The number of non-ortho nitro benzene ring substituents is 2. The summed E-state index contributed by atoms with van der Waals surface area (Å²) in [4.78, 5) is 75.5. The molecule has 0 aliphatic carbocycles. The van der Waals surface area contributed by atoms with Gasteiger partial charge in [-0.1, -0.05) is 105 Å². The number of halogens is 1. The minimum atomic E-state index is -3.16. The molecule has 15 nitrogen and oxygen atoms in total. The van der Waals surface area contributed by atoms with Crippen LogP contribution in [0.2, 0.25) is 5.04 Å². The van der Waals surface area contributed by atoms with Gasteiger partial charge in [0.2, 0.25) is 16.5 Å². The van der Waals surface area contributed by atoms with Crippen molar-refractivity contribution in [1.82, 2.24) is 4.90 Å². The van der Waals surface area contributed by atoms with Crippen LogP contribution in [0.1, 0.15) is 38.8 Å². The van der Waals surface area contributed by atoms with Gasteiger partial charge in [0.05, 0.1) is 9.85 Å². The fourth-order valence-corrected chi connectivity index (χ4v) is 12.8. The number of rotatable bonds is 16. The Balaban J connectivity index is 1.34. The molecule has 4 atom stereocenters. The van der Waals surface area contributed by atoms with E-state index >= 15 is 0 Å². The summed E-state index contributed by atoms with van der Waals surface area (Å²) in [5.41, 5.74) is -1.14. The van der Waals surface area contributed by atoms with E-state index in [4.69, 9.17) is 30.2 Å². The van der Waals surface area contributed by atoms with Crippen LogP contribution in [0.4, 0.5) is 16.2 Å². The Kier molecular flexibility index (Phi) is 14.1. The van der Waals surface area contributed by atoms with Gasteiger partial charge < -0.3 is 23.5 Å². The minimum Gasteiger partial charge on any atom is -0.458 e. The number of hydrogen-bond donors (Lipinski definition) is 0. The molecular formula is C40H40ClN3O12SSi. The molecule has 1 aliphatic heterocycles. The van der Waals surface area contributed by atoms with Crippen LogP contribution in [-0.2, 0) is 46.2 Å². The maximum Gasteiger partial charge on any atom is 0.508 e. The van der Waals surface area contributed by atoms with Gasteiger partial charge in [0.15, 0.2) is 0 Å².